The Morgan fingerprint density at radius 2 is 1.86 bits per heavy atom. The van der Waals surface area contributed by atoms with Crippen molar-refractivity contribution in [3.8, 4) is 0 Å². The van der Waals surface area contributed by atoms with Crippen LogP contribution in [0, 0.1) is 13.8 Å². The highest BCUT2D eigenvalue weighted by Gasteiger charge is 2.39. The number of likely N-dealkylation sites (N-methyl/N-ethyl adjacent to an activating group) is 2. The Hall–Kier alpha value is -0.900. The highest BCUT2D eigenvalue weighted by molar-refractivity contribution is 5.32. The average Bonchev–Trinajstić information content (AvgIpc) is 2.32. The van der Waals surface area contributed by atoms with Gasteiger partial charge in [0.05, 0.1) is 0 Å². The van der Waals surface area contributed by atoms with Crippen LogP contribution in [-0.4, -0.2) is 49.6 Å². The molecule has 1 aromatic rings. The number of hydrogen-bond acceptors (Lipinski definition) is 3. The molecule has 2 N–H and O–H groups in total. The van der Waals surface area contributed by atoms with Gasteiger partial charge in [-0.25, -0.2) is 0 Å². The molecule has 0 heterocycles. The van der Waals surface area contributed by atoms with Gasteiger partial charge in [0.1, 0.15) is 0 Å². The van der Waals surface area contributed by atoms with Crippen molar-refractivity contribution in [3.63, 3.8) is 0 Å². The normalized spacial score (nSPS) is 18.9. The summed E-state index contributed by atoms with van der Waals surface area (Å²) in [5, 5.41) is 0. The van der Waals surface area contributed by atoms with E-state index in [1.807, 2.05) is 0 Å². The van der Waals surface area contributed by atoms with Crippen LogP contribution in [0.1, 0.15) is 42.0 Å². The lowest BCUT2D eigenvalue weighted by Crippen LogP contribution is -2.57. The number of hydrogen-bond donors (Lipinski definition) is 1. The zero-order valence-electron chi connectivity index (χ0n) is 14.3. The zero-order valence-corrected chi connectivity index (χ0v) is 14.3. The minimum atomic E-state index is 0.0925. The van der Waals surface area contributed by atoms with Gasteiger partial charge in [-0.1, -0.05) is 23.8 Å². The smallest absolute Gasteiger partial charge is 0.0426 e. The molecule has 1 fully saturated rings. The fraction of sp³-hybridized carbons (Fsp3) is 0.667. The van der Waals surface area contributed by atoms with Gasteiger partial charge in [0.25, 0.3) is 0 Å². The number of aryl methyl sites for hydroxylation is 2. The van der Waals surface area contributed by atoms with Crippen LogP contribution >= 0.6 is 0 Å². The van der Waals surface area contributed by atoms with Crippen LogP contribution < -0.4 is 5.73 Å². The van der Waals surface area contributed by atoms with Gasteiger partial charge in [-0.3, -0.25) is 0 Å². The summed E-state index contributed by atoms with van der Waals surface area (Å²) in [4.78, 5) is 4.80. The molecule has 1 saturated carbocycles. The monoisotopic (exact) mass is 289 g/mol. The standard InChI is InChI=1S/C18H31N3/c1-14-7-8-16(15(2)11-14)17(19)12-21(5)13-18(20(3)4)9-6-10-18/h7-8,11,17H,6,9-10,12-13,19H2,1-5H3. The Balaban J connectivity index is 1.97. The van der Waals surface area contributed by atoms with Gasteiger partial charge in [-0.2, -0.15) is 0 Å². The second-order valence-electron chi connectivity index (χ2n) is 7.14. The molecule has 2 rings (SSSR count). The maximum Gasteiger partial charge on any atom is 0.0426 e. The fourth-order valence-electron chi connectivity index (χ4n) is 3.57. The Morgan fingerprint density at radius 3 is 2.33 bits per heavy atom. The van der Waals surface area contributed by atoms with E-state index in [9.17, 15) is 0 Å². The molecule has 1 aromatic carbocycles. The quantitative estimate of drug-likeness (QED) is 0.874. The molecule has 0 aromatic heterocycles. The van der Waals surface area contributed by atoms with Crippen molar-refractivity contribution < 1.29 is 0 Å². The molecule has 1 aliphatic rings. The second kappa shape index (κ2) is 6.47. The highest BCUT2D eigenvalue weighted by atomic mass is 15.2. The highest BCUT2D eigenvalue weighted by Crippen LogP contribution is 2.36. The Bertz CT molecular complexity index is 477. The topological polar surface area (TPSA) is 32.5 Å². The third kappa shape index (κ3) is 3.65. The van der Waals surface area contributed by atoms with Crippen LogP contribution in [0.15, 0.2) is 18.2 Å². The minimum absolute atomic E-state index is 0.0925. The number of rotatable bonds is 6. The predicted octanol–water partition coefficient (Wildman–Crippen LogP) is 2.72. The van der Waals surface area contributed by atoms with Gasteiger partial charge >= 0.3 is 0 Å². The summed E-state index contributed by atoms with van der Waals surface area (Å²) in [6.07, 6.45) is 3.97. The van der Waals surface area contributed by atoms with Crippen LogP contribution in [0.4, 0.5) is 0 Å². The van der Waals surface area contributed by atoms with Crippen LogP contribution in [0.5, 0.6) is 0 Å². The molecule has 0 amide bonds. The van der Waals surface area contributed by atoms with Crippen LogP contribution in [0.2, 0.25) is 0 Å². The van der Waals surface area contributed by atoms with Gasteiger partial charge in [-0.05, 0) is 65.4 Å². The van der Waals surface area contributed by atoms with E-state index in [4.69, 9.17) is 5.73 Å². The molecule has 3 nitrogen and oxygen atoms in total. The van der Waals surface area contributed by atoms with Crippen molar-refractivity contribution in [1.29, 1.82) is 0 Å². The first-order chi connectivity index (χ1) is 9.84. The molecule has 118 valence electrons. The van der Waals surface area contributed by atoms with Crippen LogP contribution in [0.25, 0.3) is 0 Å². The van der Waals surface area contributed by atoms with E-state index in [0.29, 0.717) is 5.54 Å². The molecule has 1 aliphatic carbocycles. The molecular weight excluding hydrogens is 258 g/mol. The largest absolute Gasteiger partial charge is 0.323 e. The molecule has 1 unspecified atom stereocenters. The van der Waals surface area contributed by atoms with Gasteiger partial charge in [0.15, 0.2) is 0 Å². The van der Waals surface area contributed by atoms with E-state index >= 15 is 0 Å². The summed E-state index contributed by atoms with van der Waals surface area (Å²) in [5.74, 6) is 0. The molecule has 0 bridgehead atoms. The maximum absolute atomic E-state index is 6.45. The van der Waals surface area contributed by atoms with Crippen molar-refractivity contribution >= 4 is 0 Å². The summed E-state index contributed by atoms with van der Waals surface area (Å²) in [6, 6.07) is 6.67. The Morgan fingerprint density at radius 1 is 1.19 bits per heavy atom. The predicted molar refractivity (Wildman–Crippen MR) is 90.6 cm³/mol. The van der Waals surface area contributed by atoms with Gasteiger partial charge in [0.2, 0.25) is 0 Å². The SMILES string of the molecule is Cc1ccc(C(N)CN(C)CC2(N(C)C)CCC2)c(C)c1. The summed E-state index contributed by atoms with van der Waals surface area (Å²) >= 11 is 0. The lowest BCUT2D eigenvalue weighted by Gasteiger charge is -2.49. The van der Waals surface area contributed by atoms with Crippen LogP contribution in [-0.2, 0) is 0 Å². The first-order valence-corrected chi connectivity index (χ1v) is 8.03. The van der Waals surface area contributed by atoms with E-state index < -0.39 is 0 Å². The second-order valence-corrected chi connectivity index (χ2v) is 7.14. The van der Waals surface area contributed by atoms with Crippen LogP contribution in [0.3, 0.4) is 0 Å². The molecule has 0 spiro atoms. The maximum atomic E-state index is 6.45. The van der Waals surface area contributed by atoms with Crippen molar-refractivity contribution in [2.45, 2.75) is 44.7 Å². The fourth-order valence-corrected chi connectivity index (χ4v) is 3.57. The molecule has 0 radical (unpaired) electrons. The van der Waals surface area contributed by atoms with Gasteiger partial charge in [0, 0.05) is 24.7 Å². The van der Waals surface area contributed by atoms with E-state index in [0.717, 1.165) is 13.1 Å². The van der Waals surface area contributed by atoms with Gasteiger partial charge in [-0.15, -0.1) is 0 Å². The molecule has 21 heavy (non-hydrogen) atoms. The van der Waals surface area contributed by atoms with E-state index in [2.05, 4.69) is 63.0 Å². The minimum Gasteiger partial charge on any atom is -0.323 e. The van der Waals surface area contributed by atoms with Gasteiger partial charge < -0.3 is 15.5 Å². The molecule has 1 atom stereocenters. The van der Waals surface area contributed by atoms with E-state index in [-0.39, 0.29) is 6.04 Å². The number of nitrogens with zero attached hydrogens (tertiary/aromatic N) is 2. The Labute approximate surface area is 130 Å². The molecule has 3 heteroatoms. The van der Waals surface area contributed by atoms with E-state index in [1.54, 1.807) is 0 Å². The summed E-state index contributed by atoms with van der Waals surface area (Å²) < 4.78 is 0. The molecule has 0 aliphatic heterocycles. The first-order valence-electron chi connectivity index (χ1n) is 8.03. The Kier molecular flexibility index (Phi) is 5.07. The first kappa shape index (κ1) is 16.5. The summed E-state index contributed by atoms with van der Waals surface area (Å²) in [6.45, 7) is 6.32. The summed E-state index contributed by atoms with van der Waals surface area (Å²) in [7, 11) is 6.61. The number of nitrogens with two attached hydrogens (primary N) is 1. The third-order valence-corrected chi connectivity index (χ3v) is 5.13. The molecular formula is C18H31N3. The number of benzene rings is 1. The lowest BCUT2D eigenvalue weighted by atomic mass is 9.75. The average molecular weight is 289 g/mol. The third-order valence-electron chi connectivity index (χ3n) is 5.13. The van der Waals surface area contributed by atoms with E-state index in [1.165, 1.54) is 36.0 Å². The zero-order chi connectivity index (χ0) is 15.6. The van der Waals surface area contributed by atoms with Crippen molar-refractivity contribution in [1.82, 2.24) is 9.80 Å². The lowest BCUT2D eigenvalue weighted by molar-refractivity contribution is 0.0265. The van der Waals surface area contributed by atoms with Crippen molar-refractivity contribution in [3.05, 3.63) is 34.9 Å². The van der Waals surface area contributed by atoms with Crippen molar-refractivity contribution in [2.75, 3.05) is 34.2 Å². The molecule has 0 saturated heterocycles. The van der Waals surface area contributed by atoms with Crippen molar-refractivity contribution in [2.24, 2.45) is 5.73 Å². The summed E-state index contributed by atoms with van der Waals surface area (Å²) in [5.41, 5.74) is 10.7.